The maximum absolute atomic E-state index is 13.5. The lowest BCUT2D eigenvalue weighted by molar-refractivity contribution is -0.118. The van der Waals surface area contributed by atoms with Crippen molar-refractivity contribution in [2.75, 3.05) is 31.7 Å². The van der Waals surface area contributed by atoms with E-state index >= 15 is 0 Å². The highest BCUT2D eigenvalue weighted by Crippen LogP contribution is 2.51. The minimum atomic E-state index is -3.30. The first-order valence-electron chi connectivity index (χ1n) is 12.8. The van der Waals surface area contributed by atoms with Crippen LogP contribution in [-0.2, 0) is 39.1 Å². The summed E-state index contributed by atoms with van der Waals surface area (Å²) < 4.78 is 54.3. The van der Waals surface area contributed by atoms with E-state index in [1.165, 1.54) is 11.3 Å². The summed E-state index contributed by atoms with van der Waals surface area (Å²) in [5.74, 6) is -0.344. The van der Waals surface area contributed by atoms with E-state index < -0.39 is 23.4 Å². The molecule has 1 atom stereocenters. The lowest BCUT2D eigenvalue weighted by Gasteiger charge is -2.26. The molecule has 12 heteroatoms. The molecule has 2 aromatic rings. The highest BCUT2D eigenvalue weighted by molar-refractivity contribution is 7.92. The van der Waals surface area contributed by atoms with Gasteiger partial charge in [-0.1, -0.05) is 12.1 Å². The van der Waals surface area contributed by atoms with Crippen LogP contribution in [0.1, 0.15) is 63.1 Å². The van der Waals surface area contributed by atoms with Gasteiger partial charge in [0.2, 0.25) is 5.91 Å². The molecule has 1 N–H and O–H groups in total. The van der Waals surface area contributed by atoms with Crippen LogP contribution in [0, 0.1) is 5.92 Å². The average Bonchev–Trinajstić information content (AvgIpc) is 3.66. The molecular formula is C25H35N2O7PS2. The Balaban J connectivity index is 1.50. The Labute approximate surface area is 222 Å². The second-order valence-electron chi connectivity index (χ2n) is 9.40. The van der Waals surface area contributed by atoms with Crippen molar-refractivity contribution in [1.82, 2.24) is 4.98 Å². The largest absolute Gasteiger partial charge is 0.381 e. The molecule has 1 aromatic heterocycles. The summed E-state index contributed by atoms with van der Waals surface area (Å²) in [5.41, 5.74) is 1.30. The van der Waals surface area contributed by atoms with Gasteiger partial charge in [-0.3, -0.25) is 9.36 Å². The van der Waals surface area contributed by atoms with Gasteiger partial charge in [0.25, 0.3) is 0 Å². The van der Waals surface area contributed by atoms with Gasteiger partial charge in [-0.05, 0) is 69.6 Å². The second kappa shape index (κ2) is 12.5. The van der Waals surface area contributed by atoms with Crippen LogP contribution >= 0.6 is 18.9 Å². The number of hydrogen-bond donors (Lipinski definition) is 1. The van der Waals surface area contributed by atoms with Gasteiger partial charge in [-0.25, -0.2) is 13.4 Å². The van der Waals surface area contributed by atoms with E-state index in [1.807, 2.05) is 0 Å². The molecule has 0 spiro atoms. The number of sulfone groups is 1. The highest BCUT2D eigenvalue weighted by atomic mass is 32.2. The monoisotopic (exact) mass is 570 g/mol. The summed E-state index contributed by atoms with van der Waals surface area (Å²) in [6, 6.07) is 6.75. The van der Waals surface area contributed by atoms with Gasteiger partial charge >= 0.3 is 7.60 Å². The molecule has 1 amide bonds. The number of anilines is 1. The smallest absolute Gasteiger partial charge is 0.336 e. The number of amides is 1. The Morgan fingerprint density at radius 1 is 1.14 bits per heavy atom. The van der Waals surface area contributed by atoms with Crippen molar-refractivity contribution in [2.45, 2.75) is 68.2 Å². The van der Waals surface area contributed by atoms with E-state index in [4.69, 9.17) is 13.8 Å². The van der Waals surface area contributed by atoms with Gasteiger partial charge in [-0.15, -0.1) is 11.3 Å². The van der Waals surface area contributed by atoms with Gasteiger partial charge in [0.15, 0.2) is 15.0 Å². The van der Waals surface area contributed by atoms with E-state index in [-0.39, 0.29) is 30.5 Å². The van der Waals surface area contributed by atoms with Gasteiger partial charge in [0, 0.05) is 18.6 Å². The molecule has 204 valence electrons. The van der Waals surface area contributed by atoms with Crippen LogP contribution in [0.25, 0.3) is 0 Å². The normalized spacial score (nSPS) is 18.0. The number of aromatic nitrogens is 1. The Bertz CT molecular complexity index is 1200. The number of ether oxygens (including phenoxy) is 1. The van der Waals surface area contributed by atoms with Crippen molar-refractivity contribution >= 4 is 39.8 Å². The van der Waals surface area contributed by atoms with Crippen molar-refractivity contribution in [3.8, 4) is 0 Å². The topological polar surface area (TPSA) is 121 Å². The lowest BCUT2D eigenvalue weighted by atomic mass is 9.84. The fourth-order valence-corrected chi connectivity index (χ4v) is 8.62. The molecule has 1 aliphatic carbocycles. The molecule has 2 aliphatic rings. The van der Waals surface area contributed by atoms with Crippen LogP contribution in [0.15, 0.2) is 34.5 Å². The summed E-state index contributed by atoms with van der Waals surface area (Å²) in [6.07, 6.45) is 3.83. The molecule has 37 heavy (non-hydrogen) atoms. The lowest BCUT2D eigenvalue weighted by Crippen LogP contribution is -2.26. The molecule has 0 radical (unpaired) electrons. The third-order valence-electron chi connectivity index (χ3n) is 6.59. The maximum atomic E-state index is 13.5. The first-order valence-corrected chi connectivity index (χ1v) is 16.9. The zero-order chi connectivity index (χ0) is 26.5. The summed E-state index contributed by atoms with van der Waals surface area (Å²) in [4.78, 5) is 18.2. The molecule has 1 aliphatic heterocycles. The molecule has 2 fully saturated rings. The number of benzene rings is 1. The highest BCUT2D eigenvalue weighted by Gasteiger charge is 2.37. The van der Waals surface area contributed by atoms with Crippen LogP contribution in [-0.4, -0.2) is 51.0 Å². The van der Waals surface area contributed by atoms with Crippen LogP contribution < -0.4 is 5.32 Å². The van der Waals surface area contributed by atoms with E-state index in [0.29, 0.717) is 54.1 Å². The maximum Gasteiger partial charge on any atom is 0.336 e. The molecule has 1 saturated carbocycles. The third kappa shape index (κ3) is 7.49. The molecule has 4 rings (SSSR count). The Hall–Kier alpha value is -1.62. The summed E-state index contributed by atoms with van der Waals surface area (Å²) in [6.45, 7) is 5.38. The number of hydrogen-bond acceptors (Lipinski definition) is 9. The van der Waals surface area contributed by atoms with Crippen LogP contribution in [0.3, 0.4) is 0 Å². The van der Waals surface area contributed by atoms with E-state index in [0.717, 1.165) is 18.4 Å². The van der Waals surface area contributed by atoms with Crippen molar-refractivity contribution in [1.29, 1.82) is 0 Å². The standard InChI is InChI=1S/C25H35N2O7PS2/c1-3-33-35(29,34-4-2)16-20-17-36-25(26-20)27-24(28)23(15-18-11-13-32-14-12-18)19-5-7-21(8-6-19)37(30,31)22-9-10-22/h5-8,17-18,22-23H,3-4,9-16H2,1-2H3,(H,26,27,28)/t23-/m1/s1. The van der Waals surface area contributed by atoms with Crippen LogP contribution in [0.5, 0.6) is 0 Å². The van der Waals surface area contributed by atoms with Gasteiger partial charge in [-0.2, -0.15) is 0 Å². The van der Waals surface area contributed by atoms with E-state index in [9.17, 15) is 17.8 Å². The minimum Gasteiger partial charge on any atom is -0.381 e. The zero-order valence-corrected chi connectivity index (χ0v) is 23.8. The van der Waals surface area contributed by atoms with Gasteiger partial charge in [0.1, 0.15) is 0 Å². The molecule has 0 bridgehead atoms. The van der Waals surface area contributed by atoms with E-state index in [1.54, 1.807) is 43.5 Å². The van der Waals surface area contributed by atoms with Crippen LogP contribution in [0.2, 0.25) is 0 Å². The summed E-state index contributed by atoms with van der Waals surface area (Å²) >= 11 is 1.25. The number of nitrogens with zero attached hydrogens (tertiary/aromatic N) is 1. The minimum absolute atomic E-state index is 0.0312. The number of carbonyl (C=O) groups is 1. The van der Waals surface area contributed by atoms with Crippen molar-refractivity contribution in [2.24, 2.45) is 5.92 Å². The predicted molar refractivity (Wildman–Crippen MR) is 143 cm³/mol. The van der Waals surface area contributed by atoms with Crippen molar-refractivity contribution < 1.29 is 31.6 Å². The van der Waals surface area contributed by atoms with Gasteiger partial charge in [0.05, 0.1) is 41.1 Å². The van der Waals surface area contributed by atoms with E-state index in [2.05, 4.69) is 10.3 Å². The first-order chi connectivity index (χ1) is 17.7. The fourth-order valence-electron chi connectivity index (χ4n) is 4.52. The third-order valence-corrected chi connectivity index (χ3v) is 11.7. The number of rotatable bonds is 13. The Kier molecular flexibility index (Phi) is 9.58. The molecule has 1 aromatic carbocycles. The SMILES string of the molecule is CCOP(=O)(Cc1csc(NC(=O)[C@H](CC2CCOCC2)c2ccc(S(=O)(=O)C3CC3)cc2)n1)OCC. The molecule has 1 saturated heterocycles. The molecule has 2 heterocycles. The number of carbonyl (C=O) groups excluding carboxylic acids is 1. The van der Waals surface area contributed by atoms with Crippen LogP contribution in [0.4, 0.5) is 5.13 Å². The number of thiazole rings is 1. The second-order valence-corrected chi connectivity index (χ2v) is 14.5. The average molecular weight is 571 g/mol. The summed E-state index contributed by atoms with van der Waals surface area (Å²) in [7, 11) is -6.60. The molecule has 0 unspecified atom stereocenters. The first kappa shape index (κ1) is 28.4. The summed E-state index contributed by atoms with van der Waals surface area (Å²) in [5, 5.41) is 4.79. The van der Waals surface area contributed by atoms with Crippen molar-refractivity contribution in [3.05, 3.63) is 40.9 Å². The van der Waals surface area contributed by atoms with Crippen molar-refractivity contribution in [3.63, 3.8) is 0 Å². The predicted octanol–water partition coefficient (Wildman–Crippen LogP) is 5.38. The Morgan fingerprint density at radius 3 is 2.38 bits per heavy atom. The van der Waals surface area contributed by atoms with Gasteiger partial charge < -0.3 is 19.1 Å². The quantitative estimate of drug-likeness (QED) is 0.319. The molecular weight excluding hydrogens is 535 g/mol. The zero-order valence-electron chi connectivity index (χ0n) is 21.3. The fraction of sp³-hybridized carbons (Fsp3) is 0.600. The molecule has 9 nitrogen and oxygen atoms in total. The Morgan fingerprint density at radius 2 is 1.78 bits per heavy atom. The number of nitrogens with one attached hydrogen (secondary N) is 1.